The van der Waals surface area contributed by atoms with Crippen LogP contribution >= 0.6 is 11.3 Å². The molecule has 0 aromatic carbocycles. The Kier molecular flexibility index (Phi) is 6.86. The van der Waals surface area contributed by atoms with Crippen LogP contribution in [0.2, 0.25) is 0 Å². The Morgan fingerprint density at radius 2 is 2.17 bits per heavy atom. The molecule has 0 bridgehead atoms. The van der Waals surface area contributed by atoms with E-state index in [1.807, 2.05) is 11.3 Å². The van der Waals surface area contributed by atoms with Gasteiger partial charge in [0, 0.05) is 36.0 Å². The normalized spacial score (nSPS) is 15.0. The molecule has 0 saturated carbocycles. The van der Waals surface area contributed by atoms with Crippen LogP contribution in [0.4, 0.5) is 0 Å². The Morgan fingerprint density at radius 1 is 1.44 bits per heavy atom. The Balaban J connectivity index is 2.85. The second-order valence-electron chi connectivity index (χ2n) is 4.69. The zero-order valence-electron chi connectivity index (χ0n) is 12.0. The van der Waals surface area contributed by atoms with Crippen LogP contribution in [0.3, 0.4) is 0 Å². The molecule has 18 heavy (non-hydrogen) atoms. The number of aryl methyl sites for hydroxylation is 1. The molecule has 0 aliphatic rings. The number of nitrogens with two attached hydrogens (primary N) is 1. The van der Waals surface area contributed by atoms with E-state index < -0.39 is 0 Å². The van der Waals surface area contributed by atoms with Crippen LogP contribution < -0.4 is 5.73 Å². The highest BCUT2D eigenvalue weighted by atomic mass is 32.1. The van der Waals surface area contributed by atoms with Gasteiger partial charge in [-0.15, -0.1) is 11.3 Å². The van der Waals surface area contributed by atoms with E-state index in [9.17, 15) is 0 Å². The highest BCUT2D eigenvalue weighted by Crippen LogP contribution is 2.28. The van der Waals surface area contributed by atoms with Gasteiger partial charge in [0.25, 0.3) is 0 Å². The molecule has 2 N–H and O–H groups in total. The van der Waals surface area contributed by atoms with Gasteiger partial charge >= 0.3 is 0 Å². The summed E-state index contributed by atoms with van der Waals surface area (Å²) < 4.78 is 5.22. The maximum absolute atomic E-state index is 6.00. The van der Waals surface area contributed by atoms with Gasteiger partial charge in [0.15, 0.2) is 0 Å². The smallest absolute Gasteiger partial charge is 0.0590 e. The third-order valence-corrected chi connectivity index (χ3v) is 4.53. The van der Waals surface area contributed by atoms with Crippen LogP contribution in [0.1, 0.15) is 36.1 Å². The van der Waals surface area contributed by atoms with E-state index in [0.29, 0.717) is 18.6 Å². The number of hydrogen-bond acceptors (Lipinski definition) is 4. The average molecular weight is 270 g/mol. The molecule has 0 amide bonds. The molecular formula is C14H26N2OS. The fourth-order valence-electron chi connectivity index (χ4n) is 2.16. The number of ether oxygens (including phenoxy) is 1. The molecule has 0 aliphatic heterocycles. The molecule has 0 fully saturated rings. The minimum Gasteiger partial charge on any atom is -0.383 e. The van der Waals surface area contributed by atoms with Gasteiger partial charge in [0.05, 0.1) is 12.6 Å². The van der Waals surface area contributed by atoms with Crippen molar-refractivity contribution < 1.29 is 4.74 Å². The van der Waals surface area contributed by atoms with Crippen molar-refractivity contribution >= 4 is 11.3 Å². The van der Waals surface area contributed by atoms with Crippen LogP contribution in [0.5, 0.6) is 0 Å². The molecular weight excluding hydrogens is 244 g/mol. The molecule has 0 saturated heterocycles. The summed E-state index contributed by atoms with van der Waals surface area (Å²) in [6, 6.07) is 5.22. The first kappa shape index (κ1) is 15.6. The van der Waals surface area contributed by atoms with E-state index in [0.717, 1.165) is 19.6 Å². The van der Waals surface area contributed by atoms with Gasteiger partial charge in [-0.25, -0.2) is 0 Å². The third kappa shape index (κ3) is 4.05. The fourth-order valence-corrected chi connectivity index (χ4v) is 3.17. The molecule has 104 valence electrons. The fraction of sp³-hybridized carbons (Fsp3) is 0.714. The molecule has 2 atom stereocenters. The monoisotopic (exact) mass is 270 g/mol. The van der Waals surface area contributed by atoms with Gasteiger partial charge in [-0.3, -0.25) is 4.90 Å². The van der Waals surface area contributed by atoms with Crippen LogP contribution in [0.25, 0.3) is 0 Å². The zero-order valence-corrected chi connectivity index (χ0v) is 12.8. The number of thiophene rings is 1. The van der Waals surface area contributed by atoms with Crippen LogP contribution in [-0.2, 0) is 4.74 Å². The lowest BCUT2D eigenvalue weighted by atomic mass is 10.1. The maximum atomic E-state index is 6.00. The lowest BCUT2D eigenvalue weighted by Crippen LogP contribution is -2.41. The lowest BCUT2D eigenvalue weighted by Gasteiger charge is -2.35. The summed E-state index contributed by atoms with van der Waals surface area (Å²) >= 11 is 1.85. The maximum Gasteiger partial charge on any atom is 0.0590 e. The van der Waals surface area contributed by atoms with E-state index in [2.05, 4.69) is 37.8 Å². The van der Waals surface area contributed by atoms with Crippen LogP contribution in [0.15, 0.2) is 12.1 Å². The number of rotatable bonds is 8. The van der Waals surface area contributed by atoms with Gasteiger partial charge in [0.2, 0.25) is 0 Å². The van der Waals surface area contributed by atoms with Gasteiger partial charge < -0.3 is 10.5 Å². The van der Waals surface area contributed by atoms with Crippen molar-refractivity contribution in [2.75, 3.05) is 26.8 Å². The van der Waals surface area contributed by atoms with Gasteiger partial charge in [0.1, 0.15) is 0 Å². The molecule has 0 radical (unpaired) electrons. The Labute approximate surface area is 115 Å². The minimum absolute atomic E-state index is 0.314. The van der Waals surface area contributed by atoms with Crippen molar-refractivity contribution in [3.8, 4) is 0 Å². The van der Waals surface area contributed by atoms with Crippen molar-refractivity contribution in [3.63, 3.8) is 0 Å². The van der Waals surface area contributed by atoms with E-state index in [1.165, 1.54) is 9.75 Å². The molecule has 3 nitrogen and oxygen atoms in total. The van der Waals surface area contributed by atoms with Crippen molar-refractivity contribution in [2.24, 2.45) is 5.73 Å². The van der Waals surface area contributed by atoms with E-state index in [4.69, 9.17) is 10.5 Å². The zero-order chi connectivity index (χ0) is 13.5. The van der Waals surface area contributed by atoms with Gasteiger partial charge in [-0.2, -0.15) is 0 Å². The summed E-state index contributed by atoms with van der Waals surface area (Å²) in [4.78, 5) is 5.18. The Hall–Kier alpha value is -0.420. The van der Waals surface area contributed by atoms with Crippen LogP contribution in [0, 0.1) is 6.92 Å². The van der Waals surface area contributed by atoms with Crippen LogP contribution in [-0.4, -0.2) is 37.7 Å². The van der Waals surface area contributed by atoms with E-state index in [1.54, 1.807) is 7.11 Å². The first-order valence-corrected chi connectivity index (χ1v) is 7.46. The topological polar surface area (TPSA) is 38.5 Å². The molecule has 1 rings (SSSR count). The number of methoxy groups -OCH3 is 1. The SMILES string of the molecule is CCC(C)N(CCOC)C(CN)c1ccc(C)s1. The lowest BCUT2D eigenvalue weighted by molar-refractivity contribution is 0.0915. The van der Waals surface area contributed by atoms with Crippen molar-refractivity contribution in [1.82, 2.24) is 4.90 Å². The summed E-state index contributed by atoms with van der Waals surface area (Å²) in [5.74, 6) is 0. The Bertz CT molecular complexity index is 340. The van der Waals surface area contributed by atoms with Gasteiger partial charge in [-0.1, -0.05) is 6.92 Å². The molecule has 2 unspecified atom stereocenters. The van der Waals surface area contributed by atoms with Gasteiger partial charge in [-0.05, 0) is 32.4 Å². The largest absolute Gasteiger partial charge is 0.383 e. The number of nitrogens with zero attached hydrogens (tertiary/aromatic N) is 1. The third-order valence-electron chi connectivity index (χ3n) is 3.42. The van der Waals surface area contributed by atoms with Crippen molar-refractivity contribution in [1.29, 1.82) is 0 Å². The Morgan fingerprint density at radius 3 is 2.61 bits per heavy atom. The predicted molar refractivity (Wildman–Crippen MR) is 79.2 cm³/mol. The molecule has 0 aliphatic carbocycles. The first-order chi connectivity index (χ1) is 8.63. The predicted octanol–water partition coefficient (Wildman–Crippen LogP) is 2.80. The summed E-state index contributed by atoms with van der Waals surface area (Å²) in [5, 5.41) is 0. The summed E-state index contributed by atoms with van der Waals surface area (Å²) in [7, 11) is 1.75. The minimum atomic E-state index is 0.314. The van der Waals surface area contributed by atoms with Crippen molar-refractivity contribution in [2.45, 2.75) is 39.3 Å². The average Bonchev–Trinajstić information content (AvgIpc) is 2.80. The molecule has 1 aromatic rings. The molecule has 4 heteroatoms. The molecule has 0 spiro atoms. The highest BCUT2D eigenvalue weighted by molar-refractivity contribution is 7.12. The second-order valence-corrected chi connectivity index (χ2v) is 6.01. The van der Waals surface area contributed by atoms with E-state index >= 15 is 0 Å². The van der Waals surface area contributed by atoms with E-state index in [-0.39, 0.29) is 0 Å². The summed E-state index contributed by atoms with van der Waals surface area (Å²) in [5.41, 5.74) is 6.00. The standard InChI is InChI=1S/C14H26N2OS/c1-5-11(2)16(8-9-17-4)13(10-15)14-7-6-12(3)18-14/h6-7,11,13H,5,8-10,15H2,1-4H3. The van der Waals surface area contributed by atoms with Crippen molar-refractivity contribution in [3.05, 3.63) is 21.9 Å². The first-order valence-electron chi connectivity index (χ1n) is 6.65. The number of hydrogen-bond donors (Lipinski definition) is 1. The highest BCUT2D eigenvalue weighted by Gasteiger charge is 2.23. The molecule has 1 heterocycles. The second kappa shape index (κ2) is 7.89. The quantitative estimate of drug-likeness (QED) is 0.789. The summed E-state index contributed by atoms with van der Waals surface area (Å²) in [6.45, 7) is 8.98. The summed E-state index contributed by atoms with van der Waals surface area (Å²) in [6.07, 6.45) is 1.13. The molecule has 1 aromatic heterocycles.